The molecule has 0 bridgehead atoms. The molecule has 0 N–H and O–H groups in total. The van der Waals surface area contributed by atoms with Crippen molar-refractivity contribution < 1.29 is 42.9 Å². The molecule has 0 saturated heterocycles. The first-order chi connectivity index (χ1) is 32.6. The fourth-order valence-electron chi connectivity index (χ4n) is 8.23. The van der Waals surface area contributed by atoms with Crippen LogP contribution in [0, 0.1) is 0 Å². The lowest BCUT2D eigenvalue weighted by Crippen LogP contribution is -2.44. The fourth-order valence-corrected chi connectivity index (χ4v) is 8.23. The van der Waals surface area contributed by atoms with Crippen molar-refractivity contribution in [3.05, 3.63) is 24.3 Å². The van der Waals surface area contributed by atoms with Crippen LogP contribution >= 0.6 is 0 Å². The van der Waals surface area contributed by atoms with E-state index in [1.165, 1.54) is 205 Å². The lowest BCUT2D eigenvalue weighted by molar-refractivity contribution is -0.870. The van der Waals surface area contributed by atoms with E-state index in [0.717, 1.165) is 32.1 Å². The molecule has 0 heterocycles. The van der Waals surface area contributed by atoms with E-state index < -0.39 is 24.3 Å². The van der Waals surface area contributed by atoms with Crippen molar-refractivity contribution >= 4 is 17.9 Å². The summed E-state index contributed by atoms with van der Waals surface area (Å²) in [5.74, 6) is -2.27. The molecule has 0 aliphatic carbocycles. The number of rotatable bonds is 53. The van der Waals surface area contributed by atoms with Crippen molar-refractivity contribution in [1.82, 2.24) is 0 Å². The Hall–Kier alpha value is -2.23. The largest absolute Gasteiger partial charge is 0.545 e. The van der Waals surface area contributed by atoms with Gasteiger partial charge in [-0.25, -0.2) is 0 Å². The van der Waals surface area contributed by atoms with Crippen molar-refractivity contribution in [2.45, 2.75) is 283 Å². The maximum atomic E-state index is 12.8. The summed E-state index contributed by atoms with van der Waals surface area (Å²) in [4.78, 5) is 37.3. The van der Waals surface area contributed by atoms with Gasteiger partial charge in [-0.05, 0) is 64.2 Å². The Bertz CT molecular complexity index is 1150. The Morgan fingerprint density at radius 2 is 0.761 bits per heavy atom. The van der Waals surface area contributed by atoms with E-state index >= 15 is 0 Å². The standard InChI is InChI=1S/C58H109NO8/c1-6-8-10-12-14-16-18-20-22-24-26-27-28-29-31-33-35-37-39-41-43-45-47-49-56(61)67-54(53-66-58(57(62)63)64-51-50-59(3,4)5)52-65-55(60)48-46-44-42-40-38-36-34-32-30-25-23-21-19-17-15-13-11-9-7-2/h21,23-24,26,54,58H,6-20,22,25,27-53H2,1-5H3/b23-21-,26-24-. The second-order valence-corrected chi connectivity index (χ2v) is 20.6. The molecule has 2 atom stereocenters. The number of unbranched alkanes of at least 4 members (excludes halogenated alkanes) is 34. The van der Waals surface area contributed by atoms with E-state index in [2.05, 4.69) is 38.2 Å². The molecule has 9 nitrogen and oxygen atoms in total. The Kier molecular flexibility index (Phi) is 48.5. The van der Waals surface area contributed by atoms with Gasteiger partial charge in [0.05, 0.1) is 40.3 Å². The fraction of sp³-hybridized carbons (Fsp3) is 0.879. The third-order valence-corrected chi connectivity index (χ3v) is 12.7. The summed E-state index contributed by atoms with van der Waals surface area (Å²) >= 11 is 0. The number of quaternary nitrogens is 1. The highest BCUT2D eigenvalue weighted by Gasteiger charge is 2.22. The minimum absolute atomic E-state index is 0.149. The second-order valence-electron chi connectivity index (χ2n) is 20.6. The zero-order valence-electron chi connectivity index (χ0n) is 44.8. The van der Waals surface area contributed by atoms with Gasteiger partial charge in [0.25, 0.3) is 0 Å². The van der Waals surface area contributed by atoms with Gasteiger partial charge >= 0.3 is 11.9 Å². The van der Waals surface area contributed by atoms with Gasteiger partial charge in [0.15, 0.2) is 12.4 Å². The number of likely N-dealkylation sites (N-methyl/N-ethyl adjacent to an activating group) is 1. The van der Waals surface area contributed by atoms with Crippen LogP contribution in [0.3, 0.4) is 0 Å². The van der Waals surface area contributed by atoms with Gasteiger partial charge in [-0.1, -0.05) is 218 Å². The molecule has 0 aliphatic heterocycles. The number of esters is 2. The van der Waals surface area contributed by atoms with E-state index in [1.807, 2.05) is 21.1 Å². The molecule has 0 aromatic heterocycles. The number of hydrogen-bond acceptors (Lipinski definition) is 8. The van der Waals surface area contributed by atoms with Gasteiger partial charge in [-0.3, -0.25) is 9.59 Å². The quantitative estimate of drug-likeness (QED) is 0.0195. The molecule has 0 saturated carbocycles. The number of carbonyl (C=O) groups is 3. The van der Waals surface area contributed by atoms with E-state index in [9.17, 15) is 19.5 Å². The average Bonchev–Trinajstić information content (AvgIpc) is 3.29. The molecule has 0 fully saturated rings. The summed E-state index contributed by atoms with van der Waals surface area (Å²) in [6, 6.07) is 0. The average molecular weight is 949 g/mol. The van der Waals surface area contributed by atoms with Crippen molar-refractivity contribution in [3.8, 4) is 0 Å². The summed E-state index contributed by atoms with van der Waals surface area (Å²) in [5.41, 5.74) is 0. The highest BCUT2D eigenvalue weighted by molar-refractivity contribution is 5.70. The van der Waals surface area contributed by atoms with Crippen LogP contribution in [0.15, 0.2) is 24.3 Å². The zero-order chi connectivity index (χ0) is 49.2. The van der Waals surface area contributed by atoms with Crippen LogP contribution in [0.5, 0.6) is 0 Å². The molecule has 0 aromatic carbocycles. The first-order valence-corrected chi connectivity index (χ1v) is 28.5. The number of hydrogen-bond donors (Lipinski definition) is 0. The maximum Gasteiger partial charge on any atom is 0.306 e. The van der Waals surface area contributed by atoms with Crippen LogP contribution in [-0.4, -0.2) is 82.3 Å². The molecular formula is C58H109NO8. The molecule has 2 unspecified atom stereocenters. The molecule has 0 aromatic rings. The van der Waals surface area contributed by atoms with E-state index in [0.29, 0.717) is 23.9 Å². The number of allylic oxidation sites excluding steroid dienone is 4. The summed E-state index contributed by atoms with van der Waals surface area (Å²) in [6.07, 6.45) is 55.0. The molecule has 394 valence electrons. The van der Waals surface area contributed by atoms with Crippen LogP contribution in [-0.2, 0) is 33.3 Å². The van der Waals surface area contributed by atoms with Gasteiger partial charge in [0, 0.05) is 12.8 Å². The molecule has 0 radical (unpaired) electrons. The van der Waals surface area contributed by atoms with Crippen molar-refractivity contribution in [2.75, 3.05) is 47.5 Å². The molecule has 67 heavy (non-hydrogen) atoms. The number of carboxylic acids is 1. The zero-order valence-corrected chi connectivity index (χ0v) is 44.8. The van der Waals surface area contributed by atoms with Gasteiger partial charge in [0.1, 0.15) is 13.2 Å². The molecule has 0 rings (SSSR count). The van der Waals surface area contributed by atoms with E-state index in [4.69, 9.17) is 18.9 Å². The monoisotopic (exact) mass is 948 g/mol. The molecular weight excluding hydrogens is 839 g/mol. The third kappa shape index (κ3) is 51.4. The minimum atomic E-state index is -1.62. The van der Waals surface area contributed by atoms with Crippen molar-refractivity contribution in [1.29, 1.82) is 0 Å². The number of aliphatic carboxylic acids is 1. The lowest BCUT2D eigenvalue weighted by Gasteiger charge is -2.26. The van der Waals surface area contributed by atoms with Crippen LogP contribution in [0.1, 0.15) is 271 Å². The number of carbonyl (C=O) groups excluding carboxylic acids is 3. The number of nitrogens with zero attached hydrogens (tertiary/aromatic N) is 1. The van der Waals surface area contributed by atoms with Crippen molar-refractivity contribution in [2.24, 2.45) is 0 Å². The lowest BCUT2D eigenvalue weighted by atomic mass is 10.0. The van der Waals surface area contributed by atoms with E-state index in [-0.39, 0.29) is 32.2 Å². The third-order valence-electron chi connectivity index (χ3n) is 12.7. The van der Waals surface area contributed by atoms with Crippen LogP contribution in [0.2, 0.25) is 0 Å². The highest BCUT2D eigenvalue weighted by atomic mass is 16.7. The van der Waals surface area contributed by atoms with Crippen LogP contribution in [0.4, 0.5) is 0 Å². The molecule has 0 aliphatic rings. The van der Waals surface area contributed by atoms with Crippen molar-refractivity contribution in [3.63, 3.8) is 0 Å². The highest BCUT2D eigenvalue weighted by Crippen LogP contribution is 2.16. The molecule has 9 heteroatoms. The summed E-state index contributed by atoms with van der Waals surface area (Å²) in [5, 5.41) is 11.8. The Morgan fingerprint density at radius 3 is 1.10 bits per heavy atom. The predicted molar refractivity (Wildman–Crippen MR) is 279 cm³/mol. The first-order valence-electron chi connectivity index (χ1n) is 28.5. The smallest absolute Gasteiger partial charge is 0.306 e. The SMILES string of the molecule is CCCCCCCC/C=C\CCCCCCCCCCCC(=O)OCC(COC(OCC[N+](C)(C)C)C(=O)[O-])OC(=O)CCCCCCCCCCCCC/C=C\CCCCCCCCCC. The second kappa shape index (κ2) is 50.2. The van der Waals surface area contributed by atoms with E-state index in [1.54, 1.807) is 0 Å². The molecule has 0 amide bonds. The topological polar surface area (TPSA) is 111 Å². The number of ether oxygens (including phenoxy) is 4. The summed E-state index contributed by atoms with van der Waals surface area (Å²) in [6.45, 7) is 4.78. The Morgan fingerprint density at radius 1 is 0.433 bits per heavy atom. The summed E-state index contributed by atoms with van der Waals surface area (Å²) < 4.78 is 22.7. The number of carboxylic acid groups (broad SMARTS) is 1. The first kappa shape index (κ1) is 64.8. The van der Waals surface area contributed by atoms with Gasteiger partial charge < -0.3 is 33.3 Å². The van der Waals surface area contributed by atoms with Crippen LogP contribution < -0.4 is 5.11 Å². The van der Waals surface area contributed by atoms with Gasteiger partial charge in [-0.15, -0.1) is 0 Å². The molecule has 0 spiro atoms. The maximum absolute atomic E-state index is 12.8. The van der Waals surface area contributed by atoms with Gasteiger partial charge in [0.2, 0.25) is 0 Å². The Balaban J connectivity index is 4.24. The normalized spacial score (nSPS) is 12.9. The summed E-state index contributed by atoms with van der Waals surface area (Å²) in [7, 11) is 5.93. The van der Waals surface area contributed by atoms with Gasteiger partial charge in [-0.2, -0.15) is 0 Å². The minimum Gasteiger partial charge on any atom is -0.545 e. The predicted octanol–water partition coefficient (Wildman–Crippen LogP) is 15.0. The Labute approximate surface area is 414 Å². The van der Waals surface area contributed by atoms with Crippen LogP contribution in [0.25, 0.3) is 0 Å².